The van der Waals surface area contributed by atoms with Crippen LogP contribution in [0.15, 0.2) is 23.2 Å². The van der Waals surface area contributed by atoms with Crippen molar-refractivity contribution in [2.24, 2.45) is 4.99 Å². The van der Waals surface area contributed by atoms with Crippen molar-refractivity contribution in [2.45, 2.75) is 6.92 Å². The molecule has 1 aromatic rings. The van der Waals surface area contributed by atoms with Crippen LogP contribution >= 0.6 is 0 Å². The van der Waals surface area contributed by atoms with E-state index in [1.807, 2.05) is 32.0 Å². The number of anilines is 1. The molecule has 0 heterocycles. The summed E-state index contributed by atoms with van der Waals surface area (Å²) in [5, 5.41) is 0. The minimum atomic E-state index is 0.944. The van der Waals surface area contributed by atoms with E-state index in [9.17, 15) is 0 Å². The van der Waals surface area contributed by atoms with Crippen LogP contribution in [0.4, 0.5) is 11.4 Å². The third kappa shape index (κ3) is 1.64. The molecule has 2 heteroatoms. The van der Waals surface area contributed by atoms with Gasteiger partial charge in [-0.3, -0.25) is 4.99 Å². The van der Waals surface area contributed by atoms with Crippen LogP contribution in [0.3, 0.4) is 0 Å². The Labute approximate surface area is 73.5 Å². The first-order valence-electron chi connectivity index (χ1n) is 3.90. The van der Waals surface area contributed by atoms with Crippen molar-refractivity contribution >= 4 is 18.1 Å². The molecule has 0 aromatic heterocycles. The maximum absolute atomic E-state index is 3.96. The highest BCUT2D eigenvalue weighted by Gasteiger charge is 2.01. The summed E-state index contributed by atoms with van der Waals surface area (Å²) in [6.07, 6.45) is 0. The molecule has 0 aliphatic carbocycles. The summed E-state index contributed by atoms with van der Waals surface area (Å²) in [5.74, 6) is 0. The lowest BCUT2D eigenvalue weighted by Gasteiger charge is -2.14. The largest absolute Gasteiger partial charge is 0.376 e. The lowest BCUT2D eigenvalue weighted by molar-refractivity contribution is 1.13. The lowest BCUT2D eigenvalue weighted by Crippen LogP contribution is -2.08. The van der Waals surface area contributed by atoms with Crippen molar-refractivity contribution in [1.82, 2.24) is 0 Å². The number of aliphatic imine (C=N–C) groups is 1. The molecule has 0 radical (unpaired) electrons. The lowest BCUT2D eigenvalue weighted by atomic mass is 10.2. The summed E-state index contributed by atoms with van der Waals surface area (Å²) in [6, 6.07) is 6.16. The Balaban J connectivity index is 3.20. The highest BCUT2D eigenvalue weighted by atomic mass is 15.1. The minimum Gasteiger partial charge on any atom is -0.376 e. The van der Waals surface area contributed by atoms with E-state index in [0.29, 0.717) is 0 Å². The first-order chi connectivity index (χ1) is 5.65. The van der Waals surface area contributed by atoms with Crippen LogP contribution in [0, 0.1) is 6.92 Å². The van der Waals surface area contributed by atoms with Crippen molar-refractivity contribution < 1.29 is 0 Å². The second kappa shape index (κ2) is 3.39. The normalized spacial score (nSPS) is 9.58. The number of aryl methyl sites for hydroxylation is 1. The molecule has 1 rings (SSSR count). The molecule has 12 heavy (non-hydrogen) atoms. The van der Waals surface area contributed by atoms with Crippen LogP contribution in [0.1, 0.15) is 5.56 Å². The van der Waals surface area contributed by atoms with Crippen molar-refractivity contribution in [3.05, 3.63) is 23.8 Å². The van der Waals surface area contributed by atoms with E-state index in [2.05, 4.69) is 23.8 Å². The predicted octanol–water partition coefficient (Wildman–Crippen LogP) is 2.39. The van der Waals surface area contributed by atoms with Crippen molar-refractivity contribution in [2.75, 3.05) is 19.0 Å². The second-order valence-electron chi connectivity index (χ2n) is 3.04. The van der Waals surface area contributed by atoms with Gasteiger partial charge in [0, 0.05) is 14.1 Å². The highest BCUT2D eigenvalue weighted by molar-refractivity contribution is 5.69. The molecular formula is C10H14N2. The summed E-state index contributed by atoms with van der Waals surface area (Å²) < 4.78 is 0. The van der Waals surface area contributed by atoms with Gasteiger partial charge in [0.2, 0.25) is 0 Å². The average molecular weight is 162 g/mol. The van der Waals surface area contributed by atoms with Gasteiger partial charge in [0.15, 0.2) is 0 Å². The molecule has 0 saturated heterocycles. The van der Waals surface area contributed by atoms with Crippen molar-refractivity contribution in [3.63, 3.8) is 0 Å². The van der Waals surface area contributed by atoms with Gasteiger partial charge in [-0.05, 0) is 31.3 Å². The van der Waals surface area contributed by atoms with E-state index >= 15 is 0 Å². The van der Waals surface area contributed by atoms with Crippen LogP contribution in [-0.2, 0) is 0 Å². The maximum Gasteiger partial charge on any atom is 0.0858 e. The minimum absolute atomic E-state index is 0.944. The van der Waals surface area contributed by atoms with Gasteiger partial charge in [0.1, 0.15) is 0 Å². The number of benzene rings is 1. The van der Waals surface area contributed by atoms with E-state index in [-0.39, 0.29) is 0 Å². The zero-order chi connectivity index (χ0) is 9.14. The molecule has 0 unspecified atom stereocenters. The van der Waals surface area contributed by atoms with Gasteiger partial charge in [-0.2, -0.15) is 0 Å². The van der Waals surface area contributed by atoms with Crippen LogP contribution in [-0.4, -0.2) is 20.8 Å². The Morgan fingerprint density at radius 2 is 2.00 bits per heavy atom. The van der Waals surface area contributed by atoms with E-state index in [4.69, 9.17) is 0 Å². The van der Waals surface area contributed by atoms with E-state index in [1.54, 1.807) is 0 Å². The SMILES string of the molecule is C=Nc1cc(C)ccc1N(C)C. The monoisotopic (exact) mass is 162 g/mol. The Morgan fingerprint density at radius 1 is 1.33 bits per heavy atom. The predicted molar refractivity (Wildman–Crippen MR) is 54.7 cm³/mol. The van der Waals surface area contributed by atoms with Gasteiger partial charge in [0.25, 0.3) is 0 Å². The van der Waals surface area contributed by atoms with Gasteiger partial charge >= 0.3 is 0 Å². The summed E-state index contributed by atoms with van der Waals surface area (Å²) in [6.45, 7) is 5.59. The van der Waals surface area contributed by atoms with Crippen LogP contribution in [0.5, 0.6) is 0 Å². The van der Waals surface area contributed by atoms with Crippen LogP contribution in [0.25, 0.3) is 0 Å². The summed E-state index contributed by atoms with van der Waals surface area (Å²) >= 11 is 0. The molecule has 1 aromatic carbocycles. The zero-order valence-corrected chi connectivity index (χ0v) is 7.83. The molecule has 0 aliphatic rings. The van der Waals surface area contributed by atoms with Gasteiger partial charge in [-0.15, -0.1) is 0 Å². The molecule has 0 bridgehead atoms. The fourth-order valence-electron chi connectivity index (χ4n) is 1.14. The van der Waals surface area contributed by atoms with E-state index in [1.165, 1.54) is 5.56 Å². The van der Waals surface area contributed by atoms with Crippen molar-refractivity contribution in [3.8, 4) is 0 Å². The average Bonchev–Trinajstić information content (AvgIpc) is 2.03. The van der Waals surface area contributed by atoms with Crippen LogP contribution < -0.4 is 4.90 Å². The highest BCUT2D eigenvalue weighted by Crippen LogP contribution is 2.27. The Kier molecular flexibility index (Phi) is 2.48. The molecule has 0 N–H and O–H groups in total. The zero-order valence-electron chi connectivity index (χ0n) is 7.83. The van der Waals surface area contributed by atoms with Gasteiger partial charge < -0.3 is 4.90 Å². The topological polar surface area (TPSA) is 15.6 Å². The fraction of sp³-hybridized carbons (Fsp3) is 0.300. The number of hydrogen-bond acceptors (Lipinski definition) is 2. The first kappa shape index (κ1) is 8.78. The van der Waals surface area contributed by atoms with Crippen LogP contribution in [0.2, 0.25) is 0 Å². The van der Waals surface area contributed by atoms with E-state index < -0.39 is 0 Å². The van der Waals surface area contributed by atoms with E-state index in [0.717, 1.165) is 11.4 Å². The van der Waals surface area contributed by atoms with Crippen molar-refractivity contribution in [1.29, 1.82) is 0 Å². The summed E-state index contributed by atoms with van der Waals surface area (Å²) in [4.78, 5) is 5.99. The fourth-order valence-corrected chi connectivity index (χ4v) is 1.14. The molecule has 0 spiro atoms. The second-order valence-corrected chi connectivity index (χ2v) is 3.04. The maximum atomic E-state index is 3.96. The Hall–Kier alpha value is -1.31. The summed E-state index contributed by atoms with van der Waals surface area (Å²) in [7, 11) is 4.00. The number of rotatable bonds is 2. The third-order valence-electron chi connectivity index (χ3n) is 1.78. The van der Waals surface area contributed by atoms with Gasteiger partial charge in [0.05, 0.1) is 11.4 Å². The molecule has 0 amide bonds. The molecule has 0 aliphatic heterocycles. The quantitative estimate of drug-likeness (QED) is 0.610. The molecule has 0 atom stereocenters. The Morgan fingerprint density at radius 3 is 2.50 bits per heavy atom. The third-order valence-corrected chi connectivity index (χ3v) is 1.78. The standard InChI is InChI=1S/C10H14N2/c1-8-5-6-10(12(3)4)9(7-8)11-2/h5-7H,2H2,1,3-4H3. The molecule has 2 nitrogen and oxygen atoms in total. The molecule has 0 fully saturated rings. The molecule has 0 saturated carbocycles. The summed E-state index contributed by atoms with van der Waals surface area (Å²) in [5.41, 5.74) is 3.26. The van der Waals surface area contributed by atoms with Gasteiger partial charge in [-0.25, -0.2) is 0 Å². The number of nitrogens with zero attached hydrogens (tertiary/aromatic N) is 2. The smallest absolute Gasteiger partial charge is 0.0858 e. The molecular weight excluding hydrogens is 148 g/mol. The van der Waals surface area contributed by atoms with Gasteiger partial charge in [-0.1, -0.05) is 6.07 Å². The molecule has 64 valence electrons. The number of hydrogen-bond donors (Lipinski definition) is 0. The first-order valence-corrected chi connectivity index (χ1v) is 3.90. The Bertz CT molecular complexity index is 290.